The second-order valence-corrected chi connectivity index (χ2v) is 4.59. The lowest BCUT2D eigenvalue weighted by Gasteiger charge is -2.21. The minimum absolute atomic E-state index is 0.0994. The second kappa shape index (κ2) is 3.73. The second-order valence-electron chi connectivity index (χ2n) is 4.59. The zero-order valence-corrected chi connectivity index (χ0v) is 9.18. The van der Waals surface area contributed by atoms with Crippen molar-refractivity contribution in [2.75, 3.05) is 6.61 Å². The Bertz CT molecular complexity index is 326. The van der Waals surface area contributed by atoms with Crippen LogP contribution in [0.1, 0.15) is 26.2 Å². The van der Waals surface area contributed by atoms with Gasteiger partial charge in [-0.3, -0.25) is 9.59 Å². The first kappa shape index (κ1) is 11.4. The fraction of sp³-hybridized carbons (Fsp3) is 0.818. The highest BCUT2D eigenvalue weighted by Crippen LogP contribution is 2.66. The van der Waals surface area contributed by atoms with Gasteiger partial charge >= 0.3 is 11.9 Å². The summed E-state index contributed by atoms with van der Waals surface area (Å²) in [5, 5.41) is 18.2. The molecule has 0 spiro atoms. The number of hydrogen-bond donors (Lipinski definition) is 2. The summed E-state index contributed by atoms with van der Waals surface area (Å²) in [6, 6.07) is 0. The van der Waals surface area contributed by atoms with Crippen molar-refractivity contribution in [3.63, 3.8) is 0 Å². The van der Waals surface area contributed by atoms with Crippen molar-refractivity contribution in [1.29, 1.82) is 0 Å². The standard InChI is InChI=1S/C11H16O5/c1-2-5-16-11-6(8(11)10(14)15)3-4-7(11)9(12)13/h6-8H,2-5H2,1H3,(H,12,13)(H,14,15). The molecule has 0 aromatic rings. The quantitative estimate of drug-likeness (QED) is 0.732. The molecule has 16 heavy (non-hydrogen) atoms. The van der Waals surface area contributed by atoms with Crippen molar-refractivity contribution in [1.82, 2.24) is 0 Å². The predicted octanol–water partition coefficient (Wildman–Crippen LogP) is 0.977. The lowest BCUT2D eigenvalue weighted by molar-refractivity contribution is -0.152. The van der Waals surface area contributed by atoms with Gasteiger partial charge in [0, 0.05) is 12.5 Å². The number of aliphatic carboxylic acids is 2. The van der Waals surface area contributed by atoms with E-state index in [9.17, 15) is 9.59 Å². The average molecular weight is 228 g/mol. The van der Waals surface area contributed by atoms with Crippen molar-refractivity contribution < 1.29 is 24.5 Å². The smallest absolute Gasteiger partial charge is 0.309 e. The maximum absolute atomic E-state index is 11.1. The molecule has 5 heteroatoms. The molecule has 4 unspecified atom stereocenters. The van der Waals surface area contributed by atoms with Crippen molar-refractivity contribution in [3.8, 4) is 0 Å². The number of hydrogen-bond acceptors (Lipinski definition) is 3. The summed E-state index contributed by atoms with van der Waals surface area (Å²) in [4.78, 5) is 22.1. The van der Waals surface area contributed by atoms with Crippen molar-refractivity contribution in [2.24, 2.45) is 17.8 Å². The van der Waals surface area contributed by atoms with Crippen molar-refractivity contribution in [2.45, 2.75) is 31.8 Å². The normalized spacial score (nSPS) is 40.4. The van der Waals surface area contributed by atoms with Gasteiger partial charge in [0.25, 0.3) is 0 Å². The van der Waals surface area contributed by atoms with Gasteiger partial charge in [-0.05, 0) is 19.3 Å². The van der Waals surface area contributed by atoms with E-state index in [1.54, 1.807) is 0 Å². The molecule has 2 fully saturated rings. The van der Waals surface area contributed by atoms with E-state index in [-0.39, 0.29) is 5.92 Å². The van der Waals surface area contributed by atoms with Crippen LogP contribution in [0.5, 0.6) is 0 Å². The number of ether oxygens (including phenoxy) is 1. The molecule has 0 heterocycles. The third-order valence-corrected chi connectivity index (χ3v) is 3.79. The van der Waals surface area contributed by atoms with E-state index in [0.717, 1.165) is 6.42 Å². The van der Waals surface area contributed by atoms with Gasteiger partial charge in [-0.2, -0.15) is 0 Å². The van der Waals surface area contributed by atoms with Crippen molar-refractivity contribution in [3.05, 3.63) is 0 Å². The van der Waals surface area contributed by atoms with E-state index in [1.165, 1.54) is 0 Å². The van der Waals surface area contributed by atoms with Crippen LogP contribution in [0.2, 0.25) is 0 Å². The summed E-state index contributed by atoms with van der Waals surface area (Å²) in [5.41, 5.74) is -0.909. The van der Waals surface area contributed by atoms with E-state index in [2.05, 4.69) is 0 Å². The van der Waals surface area contributed by atoms with E-state index < -0.39 is 29.4 Å². The van der Waals surface area contributed by atoms with E-state index in [0.29, 0.717) is 19.4 Å². The van der Waals surface area contributed by atoms with Crippen LogP contribution in [-0.4, -0.2) is 34.4 Å². The number of carbonyl (C=O) groups is 2. The maximum Gasteiger partial charge on any atom is 0.309 e. The SMILES string of the molecule is CCCOC12C(C(=O)O)CCC1C2C(=O)O. The van der Waals surface area contributed by atoms with Gasteiger partial charge in [-0.1, -0.05) is 6.92 Å². The molecule has 90 valence electrons. The van der Waals surface area contributed by atoms with Crippen LogP contribution in [0.4, 0.5) is 0 Å². The zero-order valence-electron chi connectivity index (χ0n) is 9.18. The molecule has 2 N–H and O–H groups in total. The first-order chi connectivity index (χ1) is 7.55. The van der Waals surface area contributed by atoms with Crippen LogP contribution < -0.4 is 0 Å². The van der Waals surface area contributed by atoms with Crippen LogP contribution >= 0.6 is 0 Å². The molecule has 5 nitrogen and oxygen atoms in total. The molecule has 0 saturated heterocycles. The minimum atomic E-state index is -0.928. The summed E-state index contributed by atoms with van der Waals surface area (Å²) in [6.07, 6.45) is 1.96. The van der Waals surface area contributed by atoms with E-state index in [1.807, 2.05) is 6.92 Å². The first-order valence-electron chi connectivity index (χ1n) is 5.65. The topological polar surface area (TPSA) is 83.8 Å². The largest absolute Gasteiger partial charge is 0.481 e. The zero-order chi connectivity index (χ0) is 11.9. The molecule has 4 atom stereocenters. The van der Waals surface area contributed by atoms with Gasteiger partial charge in [-0.15, -0.1) is 0 Å². The summed E-state index contributed by atoms with van der Waals surface area (Å²) in [7, 11) is 0. The molecule has 0 aliphatic heterocycles. The van der Waals surface area contributed by atoms with Gasteiger partial charge in [0.05, 0.1) is 17.4 Å². The monoisotopic (exact) mass is 228 g/mol. The van der Waals surface area contributed by atoms with Crippen molar-refractivity contribution >= 4 is 11.9 Å². The highest BCUT2D eigenvalue weighted by molar-refractivity contribution is 5.82. The molecular formula is C11H16O5. The Hall–Kier alpha value is -1.10. The Morgan fingerprint density at radius 1 is 1.31 bits per heavy atom. The first-order valence-corrected chi connectivity index (χ1v) is 5.65. The Kier molecular flexibility index (Phi) is 2.66. The summed E-state index contributed by atoms with van der Waals surface area (Å²) < 4.78 is 5.60. The number of rotatable bonds is 5. The molecule has 0 aromatic carbocycles. The summed E-state index contributed by atoms with van der Waals surface area (Å²) in [6.45, 7) is 2.36. The maximum atomic E-state index is 11.1. The number of carboxylic acids is 2. The summed E-state index contributed by atoms with van der Waals surface area (Å²) in [5.74, 6) is -3.22. The molecule has 2 rings (SSSR count). The molecule has 0 aromatic heterocycles. The molecule has 0 amide bonds. The molecule has 0 radical (unpaired) electrons. The summed E-state index contributed by atoms with van der Waals surface area (Å²) >= 11 is 0. The van der Waals surface area contributed by atoms with Gasteiger partial charge < -0.3 is 14.9 Å². The molecule has 2 aliphatic rings. The van der Waals surface area contributed by atoms with Gasteiger partial charge in [0.2, 0.25) is 0 Å². The van der Waals surface area contributed by atoms with Crippen LogP contribution in [0.15, 0.2) is 0 Å². The third kappa shape index (κ3) is 1.34. The fourth-order valence-electron chi connectivity index (χ4n) is 3.15. The van der Waals surface area contributed by atoms with Gasteiger partial charge in [0.15, 0.2) is 0 Å². The fourth-order valence-corrected chi connectivity index (χ4v) is 3.15. The molecular weight excluding hydrogens is 212 g/mol. The number of fused-ring (bicyclic) bond motifs is 1. The molecule has 0 bridgehead atoms. The Morgan fingerprint density at radius 2 is 2.00 bits per heavy atom. The Morgan fingerprint density at radius 3 is 2.44 bits per heavy atom. The van der Waals surface area contributed by atoms with Crippen LogP contribution in [0, 0.1) is 17.8 Å². The predicted molar refractivity (Wildman–Crippen MR) is 53.9 cm³/mol. The molecule has 2 aliphatic carbocycles. The highest BCUT2D eigenvalue weighted by atomic mass is 16.5. The molecule has 2 saturated carbocycles. The third-order valence-electron chi connectivity index (χ3n) is 3.79. The minimum Gasteiger partial charge on any atom is -0.481 e. The number of carboxylic acid groups (broad SMARTS) is 2. The van der Waals surface area contributed by atoms with Crippen LogP contribution in [0.3, 0.4) is 0 Å². The lowest BCUT2D eigenvalue weighted by Crippen LogP contribution is -2.34. The van der Waals surface area contributed by atoms with Crippen LogP contribution in [0.25, 0.3) is 0 Å². The average Bonchev–Trinajstić information content (AvgIpc) is 2.71. The lowest BCUT2D eigenvalue weighted by atomic mass is 9.97. The van der Waals surface area contributed by atoms with Gasteiger partial charge in [0.1, 0.15) is 0 Å². The highest BCUT2D eigenvalue weighted by Gasteiger charge is 2.77. The Balaban J connectivity index is 2.19. The van der Waals surface area contributed by atoms with E-state index in [4.69, 9.17) is 14.9 Å². The van der Waals surface area contributed by atoms with Gasteiger partial charge in [-0.25, -0.2) is 0 Å². The Labute approximate surface area is 93.4 Å². The van der Waals surface area contributed by atoms with E-state index >= 15 is 0 Å². The van der Waals surface area contributed by atoms with Crippen LogP contribution in [-0.2, 0) is 14.3 Å².